The Bertz CT molecular complexity index is 359. The van der Waals surface area contributed by atoms with Crippen molar-refractivity contribution in [1.82, 2.24) is 10.2 Å². The van der Waals surface area contributed by atoms with Gasteiger partial charge < -0.3 is 19.7 Å². The number of carbonyl (C=O) groups is 1. The highest BCUT2D eigenvalue weighted by Gasteiger charge is 2.34. The minimum absolute atomic E-state index is 0.0526. The van der Waals surface area contributed by atoms with Crippen molar-refractivity contribution < 1.29 is 14.3 Å². The van der Waals surface area contributed by atoms with Gasteiger partial charge in [-0.05, 0) is 53.4 Å². The smallest absolute Gasteiger partial charge is 0.410 e. The summed E-state index contributed by atoms with van der Waals surface area (Å²) in [7, 11) is 0. The maximum absolute atomic E-state index is 12.4. The SMILES string of the molecule is CC1(NCC2CCCCN2C(=O)OC(C)(C)C)CCOC1. The molecular weight excluding hydrogens is 268 g/mol. The molecule has 2 fully saturated rings. The molecule has 0 bridgehead atoms. The van der Waals surface area contributed by atoms with Gasteiger partial charge in [-0.25, -0.2) is 4.79 Å². The van der Waals surface area contributed by atoms with Gasteiger partial charge in [0.25, 0.3) is 0 Å². The van der Waals surface area contributed by atoms with Crippen LogP contribution >= 0.6 is 0 Å². The average Bonchev–Trinajstić information content (AvgIpc) is 2.82. The van der Waals surface area contributed by atoms with Crippen molar-refractivity contribution in [2.24, 2.45) is 0 Å². The van der Waals surface area contributed by atoms with E-state index >= 15 is 0 Å². The van der Waals surface area contributed by atoms with E-state index in [9.17, 15) is 4.79 Å². The molecule has 21 heavy (non-hydrogen) atoms. The molecule has 2 heterocycles. The molecule has 0 aromatic carbocycles. The van der Waals surface area contributed by atoms with Gasteiger partial charge in [0, 0.05) is 31.3 Å². The Labute approximate surface area is 128 Å². The van der Waals surface area contributed by atoms with Crippen LogP contribution in [0.25, 0.3) is 0 Å². The third-order valence-electron chi connectivity index (χ3n) is 4.24. The van der Waals surface area contributed by atoms with Gasteiger partial charge in [-0.3, -0.25) is 0 Å². The molecule has 2 saturated heterocycles. The van der Waals surface area contributed by atoms with E-state index < -0.39 is 5.60 Å². The fourth-order valence-electron chi connectivity index (χ4n) is 2.94. The summed E-state index contributed by atoms with van der Waals surface area (Å²) in [6.07, 6.45) is 4.14. The number of hydrogen-bond acceptors (Lipinski definition) is 4. The summed E-state index contributed by atoms with van der Waals surface area (Å²) in [6.45, 7) is 11.1. The number of piperidine rings is 1. The van der Waals surface area contributed by atoms with Crippen LogP contribution < -0.4 is 5.32 Å². The van der Waals surface area contributed by atoms with Crippen molar-refractivity contribution in [2.75, 3.05) is 26.3 Å². The normalized spacial score (nSPS) is 30.5. The first-order valence-electron chi connectivity index (χ1n) is 8.11. The minimum Gasteiger partial charge on any atom is -0.444 e. The molecule has 0 aliphatic carbocycles. The number of rotatable bonds is 3. The molecule has 2 unspecified atom stereocenters. The molecule has 2 aliphatic heterocycles. The maximum atomic E-state index is 12.4. The Morgan fingerprint density at radius 3 is 2.81 bits per heavy atom. The summed E-state index contributed by atoms with van der Waals surface area (Å²) in [5.41, 5.74) is -0.380. The van der Waals surface area contributed by atoms with Crippen LogP contribution in [0.2, 0.25) is 0 Å². The Balaban J connectivity index is 1.90. The summed E-state index contributed by atoms with van der Waals surface area (Å²) in [5.74, 6) is 0. The Hall–Kier alpha value is -0.810. The van der Waals surface area contributed by atoms with E-state index in [1.54, 1.807) is 0 Å². The van der Waals surface area contributed by atoms with Crippen molar-refractivity contribution >= 4 is 6.09 Å². The highest BCUT2D eigenvalue weighted by atomic mass is 16.6. The summed E-state index contributed by atoms with van der Waals surface area (Å²) in [6, 6.07) is 0.228. The molecule has 0 spiro atoms. The molecule has 1 N–H and O–H groups in total. The van der Waals surface area contributed by atoms with Crippen LogP contribution in [0.15, 0.2) is 0 Å². The number of ether oxygens (including phenoxy) is 2. The summed E-state index contributed by atoms with van der Waals surface area (Å²) < 4.78 is 11.0. The van der Waals surface area contributed by atoms with Gasteiger partial charge in [-0.2, -0.15) is 0 Å². The first-order valence-corrected chi connectivity index (χ1v) is 8.11. The van der Waals surface area contributed by atoms with Crippen LogP contribution in [0.5, 0.6) is 0 Å². The van der Waals surface area contributed by atoms with E-state index in [1.807, 2.05) is 25.7 Å². The van der Waals surface area contributed by atoms with Crippen molar-refractivity contribution in [3.63, 3.8) is 0 Å². The molecule has 122 valence electrons. The molecule has 2 aliphatic rings. The number of hydrogen-bond donors (Lipinski definition) is 1. The largest absolute Gasteiger partial charge is 0.444 e. The molecule has 2 atom stereocenters. The number of carbonyl (C=O) groups excluding carboxylic acids is 1. The Morgan fingerprint density at radius 1 is 1.43 bits per heavy atom. The second-order valence-corrected chi connectivity index (χ2v) is 7.57. The summed E-state index contributed by atoms with van der Waals surface area (Å²) in [4.78, 5) is 14.3. The van der Waals surface area contributed by atoms with Crippen LogP contribution in [-0.2, 0) is 9.47 Å². The molecule has 0 radical (unpaired) electrons. The predicted octanol–water partition coefficient (Wildman–Crippen LogP) is 2.54. The van der Waals surface area contributed by atoms with E-state index in [-0.39, 0.29) is 17.7 Å². The lowest BCUT2D eigenvalue weighted by Gasteiger charge is -2.38. The average molecular weight is 298 g/mol. The quantitative estimate of drug-likeness (QED) is 0.870. The van der Waals surface area contributed by atoms with E-state index in [4.69, 9.17) is 9.47 Å². The third-order valence-corrected chi connectivity index (χ3v) is 4.24. The zero-order valence-corrected chi connectivity index (χ0v) is 13.9. The lowest BCUT2D eigenvalue weighted by Crippen LogP contribution is -2.54. The molecule has 5 nitrogen and oxygen atoms in total. The highest BCUT2D eigenvalue weighted by molar-refractivity contribution is 5.68. The lowest BCUT2D eigenvalue weighted by atomic mass is 9.98. The topological polar surface area (TPSA) is 50.8 Å². The van der Waals surface area contributed by atoms with E-state index in [2.05, 4.69) is 12.2 Å². The van der Waals surface area contributed by atoms with Gasteiger partial charge in [0.1, 0.15) is 5.60 Å². The second kappa shape index (κ2) is 6.53. The van der Waals surface area contributed by atoms with Crippen molar-refractivity contribution in [3.8, 4) is 0 Å². The monoisotopic (exact) mass is 298 g/mol. The van der Waals surface area contributed by atoms with Crippen LogP contribution in [0.1, 0.15) is 53.4 Å². The van der Waals surface area contributed by atoms with E-state index in [1.165, 1.54) is 6.42 Å². The first-order chi connectivity index (χ1) is 9.79. The second-order valence-electron chi connectivity index (χ2n) is 7.57. The van der Waals surface area contributed by atoms with Crippen molar-refractivity contribution in [3.05, 3.63) is 0 Å². The van der Waals surface area contributed by atoms with Crippen LogP contribution in [0.4, 0.5) is 4.79 Å². The van der Waals surface area contributed by atoms with Gasteiger partial charge in [-0.15, -0.1) is 0 Å². The zero-order valence-electron chi connectivity index (χ0n) is 13.9. The molecule has 2 rings (SSSR count). The highest BCUT2D eigenvalue weighted by Crippen LogP contribution is 2.22. The number of nitrogens with one attached hydrogen (secondary N) is 1. The summed E-state index contributed by atoms with van der Waals surface area (Å²) in [5, 5.41) is 3.60. The lowest BCUT2D eigenvalue weighted by molar-refractivity contribution is 0.00899. The van der Waals surface area contributed by atoms with Gasteiger partial charge >= 0.3 is 6.09 Å². The zero-order chi connectivity index (χ0) is 15.5. The van der Waals surface area contributed by atoms with Crippen LogP contribution in [-0.4, -0.2) is 54.5 Å². The first kappa shape index (κ1) is 16.6. The maximum Gasteiger partial charge on any atom is 0.410 e. The molecular formula is C16H30N2O3. The Morgan fingerprint density at radius 2 is 2.19 bits per heavy atom. The molecule has 0 aromatic heterocycles. The van der Waals surface area contributed by atoms with Gasteiger partial charge in [0.05, 0.1) is 6.61 Å². The van der Waals surface area contributed by atoms with Crippen LogP contribution in [0, 0.1) is 0 Å². The van der Waals surface area contributed by atoms with E-state index in [0.29, 0.717) is 0 Å². The summed E-state index contributed by atoms with van der Waals surface area (Å²) >= 11 is 0. The predicted molar refractivity (Wildman–Crippen MR) is 82.4 cm³/mol. The fraction of sp³-hybridized carbons (Fsp3) is 0.938. The van der Waals surface area contributed by atoms with Gasteiger partial charge in [0.15, 0.2) is 0 Å². The third kappa shape index (κ3) is 4.85. The number of amides is 1. The van der Waals surface area contributed by atoms with Crippen LogP contribution in [0.3, 0.4) is 0 Å². The standard InChI is InChI=1S/C16H30N2O3/c1-15(2,3)21-14(19)18-9-6-5-7-13(18)11-17-16(4)8-10-20-12-16/h13,17H,5-12H2,1-4H3. The van der Waals surface area contributed by atoms with E-state index in [0.717, 1.165) is 45.6 Å². The number of likely N-dealkylation sites (tertiary alicyclic amines) is 1. The molecule has 0 saturated carbocycles. The van der Waals surface area contributed by atoms with Gasteiger partial charge in [0.2, 0.25) is 0 Å². The van der Waals surface area contributed by atoms with Crippen molar-refractivity contribution in [2.45, 2.75) is 70.6 Å². The molecule has 0 aromatic rings. The molecule has 1 amide bonds. The van der Waals surface area contributed by atoms with Crippen molar-refractivity contribution in [1.29, 1.82) is 0 Å². The number of nitrogens with zero attached hydrogens (tertiary/aromatic N) is 1. The van der Waals surface area contributed by atoms with Gasteiger partial charge in [-0.1, -0.05) is 0 Å². The fourth-order valence-corrected chi connectivity index (χ4v) is 2.94. The minimum atomic E-state index is -0.433. The Kier molecular flexibility index (Phi) is 5.15. The molecule has 5 heteroatoms.